The lowest BCUT2D eigenvalue weighted by Gasteiger charge is -2.22. The van der Waals surface area contributed by atoms with Crippen molar-refractivity contribution >= 4 is 23.5 Å². The molecule has 3 aliphatic rings. The summed E-state index contributed by atoms with van der Waals surface area (Å²) in [6.45, 7) is 2.03. The van der Waals surface area contributed by atoms with Gasteiger partial charge in [-0.15, -0.1) is 0 Å². The van der Waals surface area contributed by atoms with Gasteiger partial charge in [-0.2, -0.15) is 5.26 Å². The number of likely N-dealkylation sites (tertiary alicyclic amines) is 1. The summed E-state index contributed by atoms with van der Waals surface area (Å²) in [5, 5.41) is 11.7. The van der Waals surface area contributed by atoms with Crippen LogP contribution in [0.2, 0.25) is 0 Å². The van der Waals surface area contributed by atoms with Crippen LogP contribution < -0.4 is 5.32 Å². The number of fused-ring (bicyclic) bond motifs is 1. The highest BCUT2D eigenvalue weighted by atomic mass is 19.1. The van der Waals surface area contributed by atoms with Crippen molar-refractivity contribution in [1.29, 1.82) is 5.26 Å². The van der Waals surface area contributed by atoms with Crippen molar-refractivity contribution in [2.45, 2.75) is 57.5 Å². The van der Waals surface area contributed by atoms with Crippen LogP contribution in [-0.2, 0) is 27.5 Å². The first-order valence-corrected chi connectivity index (χ1v) is 10.3. The van der Waals surface area contributed by atoms with E-state index < -0.39 is 36.0 Å². The van der Waals surface area contributed by atoms with E-state index >= 15 is 0 Å². The summed E-state index contributed by atoms with van der Waals surface area (Å²) in [6.07, 6.45) is -1.19. The maximum atomic E-state index is 13.6. The Bertz CT molecular complexity index is 1000. The molecule has 1 aromatic rings. The van der Waals surface area contributed by atoms with Crippen LogP contribution in [0.3, 0.4) is 0 Å². The van der Waals surface area contributed by atoms with Gasteiger partial charge in [-0.3, -0.25) is 19.2 Å². The first kappa shape index (κ1) is 21.0. The average molecular weight is 426 g/mol. The lowest BCUT2D eigenvalue weighted by molar-refractivity contribution is -0.135. The molecule has 0 aromatic heterocycles. The molecule has 1 unspecified atom stereocenters. The molecule has 162 valence electrons. The minimum Gasteiger partial charge on any atom is -0.344 e. The molecule has 9 heteroatoms. The molecule has 3 amide bonds. The lowest BCUT2D eigenvalue weighted by Crippen LogP contribution is -2.46. The number of amides is 3. The molecule has 1 aromatic carbocycles. The molecule has 4 atom stereocenters. The van der Waals surface area contributed by atoms with E-state index in [2.05, 4.69) is 5.32 Å². The van der Waals surface area contributed by atoms with Gasteiger partial charge in [0.05, 0.1) is 12.6 Å². The number of carbonyl (C=O) groups excluding carboxylic acids is 4. The van der Waals surface area contributed by atoms with Crippen molar-refractivity contribution in [3.8, 4) is 6.07 Å². The monoisotopic (exact) mass is 426 g/mol. The molecule has 1 N–H and O–H groups in total. The normalized spacial score (nSPS) is 27.1. The highest BCUT2D eigenvalue weighted by molar-refractivity contribution is 5.97. The number of ketones is 1. The minimum absolute atomic E-state index is 0.0252. The summed E-state index contributed by atoms with van der Waals surface area (Å²) in [6, 6.07) is 5.65. The fraction of sp³-hybridized carbons (Fsp3) is 0.500. The second-order valence-electron chi connectivity index (χ2n) is 8.42. The number of nitrogens with zero attached hydrogens (tertiary/aromatic N) is 3. The van der Waals surface area contributed by atoms with E-state index in [-0.39, 0.29) is 37.5 Å². The van der Waals surface area contributed by atoms with Crippen LogP contribution in [0.1, 0.15) is 47.7 Å². The van der Waals surface area contributed by atoms with E-state index in [0.717, 1.165) is 11.1 Å². The van der Waals surface area contributed by atoms with Crippen molar-refractivity contribution in [2.24, 2.45) is 5.92 Å². The number of carbonyl (C=O) groups is 4. The Hall–Kier alpha value is -3.28. The van der Waals surface area contributed by atoms with Crippen LogP contribution in [0.25, 0.3) is 0 Å². The molecular weight excluding hydrogens is 403 g/mol. The number of nitrogens with one attached hydrogen (secondary N) is 1. The second-order valence-corrected chi connectivity index (χ2v) is 8.42. The summed E-state index contributed by atoms with van der Waals surface area (Å²) in [4.78, 5) is 52.6. The van der Waals surface area contributed by atoms with Gasteiger partial charge in [-0.1, -0.05) is 18.2 Å². The second kappa shape index (κ2) is 8.10. The van der Waals surface area contributed by atoms with Gasteiger partial charge in [-0.25, -0.2) is 4.39 Å². The van der Waals surface area contributed by atoms with Crippen LogP contribution in [0, 0.1) is 17.2 Å². The molecule has 8 nitrogen and oxygen atoms in total. The van der Waals surface area contributed by atoms with Gasteiger partial charge in [0.25, 0.3) is 0 Å². The Morgan fingerprint density at radius 3 is 2.74 bits per heavy atom. The van der Waals surface area contributed by atoms with Gasteiger partial charge in [-0.05, 0) is 24.5 Å². The van der Waals surface area contributed by atoms with Crippen molar-refractivity contribution in [1.82, 2.24) is 15.1 Å². The summed E-state index contributed by atoms with van der Waals surface area (Å²) in [5.74, 6) is -1.82. The third-order valence-electron chi connectivity index (χ3n) is 6.32. The third kappa shape index (κ3) is 3.90. The van der Waals surface area contributed by atoms with Crippen molar-refractivity contribution in [3.05, 3.63) is 34.9 Å². The van der Waals surface area contributed by atoms with E-state index in [1.807, 2.05) is 12.1 Å². The molecule has 2 saturated heterocycles. The van der Waals surface area contributed by atoms with Crippen LogP contribution in [0.15, 0.2) is 18.2 Å². The number of halogens is 1. The quantitative estimate of drug-likeness (QED) is 0.725. The van der Waals surface area contributed by atoms with E-state index in [9.17, 15) is 23.6 Å². The van der Waals surface area contributed by atoms with Crippen LogP contribution in [0.5, 0.6) is 0 Å². The van der Waals surface area contributed by atoms with E-state index in [4.69, 9.17) is 5.26 Å². The number of rotatable bonds is 4. The predicted molar refractivity (Wildman–Crippen MR) is 106 cm³/mol. The first-order valence-electron chi connectivity index (χ1n) is 10.3. The Kier molecular flexibility index (Phi) is 5.48. The molecule has 0 spiro atoms. The van der Waals surface area contributed by atoms with Gasteiger partial charge in [0, 0.05) is 37.4 Å². The predicted octanol–water partition coefficient (Wildman–Crippen LogP) is 1.09. The number of hydrogen-bond donors (Lipinski definition) is 1. The van der Waals surface area contributed by atoms with Gasteiger partial charge >= 0.3 is 0 Å². The van der Waals surface area contributed by atoms with Crippen LogP contribution in [-0.4, -0.2) is 58.1 Å². The number of Topliss-reactive ketones (excluding diaryl/α,β-unsaturated/α-hetero) is 1. The average Bonchev–Trinajstić information content (AvgIpc) is 3.43. The van der Waals surface area contributed by atoms with Crippen LogP contribution >= 0.6 is 0 Å². The highest BCUT2D eigenvalue weighted by Crippen LogP contribution is 2.30. The standard InChI is InChI=1S/C22H23FN4O4/c1-12(28)17-4-2-3-13-9-26(11-18(13)17)20(29)6-14-5-19(25-21(14)30)22(31)27-10-15(23)7-16(27)8-24/h2-4,14-16,19H,5-7,9-11H2,1H3,(H,25,30)/t14-,15?,16-,19-/m0/s1. The molecule has 0 saturated carbocycles. The molecule has 0 bridgehead atoms. The number of benzene rings is 1. The SMILES string of the molecule is CC(=O)c1cccc2c1CN(C(=O)C[C@@H]1C[C@@H](C(=O)N3CC(F)C[C@H]3C#N)NC1=O)C2. The number of nitriles is 1. The number of hydrogen-bond acceptors (Lipinski definition) is 5. The van der Waals surface area contributed by atoms with Crippen LogP contribution in [0.4, 0.5) is 4.39 Å². The summed E-state index contributed by atoms with van der Waals surface area (Å²) in [5.41, 5.74) is 2.35. The maximum Gasteiger partial charge on any atom is 0.246 e. The van der Waals surface area contributed by atoms with E-state index in [1.54, 1.807) is 17.0 Å². The van der Waals surface area contributed by atoms with Gasteiger partial charge in [0.15, 0.2) is 5.78 Å². The van der Waals surface area contributed by atoms with Crippen molar-refractivity contribution < 1.29 is 23.6 Å². The zero-order valence-corrected chi connectivity index (χ0v) is 17.1. The zero-order valence-electron chi connectivity index (χ0n) is 17.1. The molecule has 0 aliphatic carbocycles. The summed E-state index contributed by atoms with van der Waals surface area (Å²) >= 11 is 0. The Balaban J connectivity index is 1.38. The molecule has 4 rings (SSSR count). The summed E-state index contributed by atoms with van der Waals surface area (Å²) in [7, 11) is 0. The fourth-order valence-electron chi connectivity index (χ4n) is 4.70. The fourth-order valence-corrected chi connectivity index (χ4v) is 4.70. The molecule has 3 heterocycles. The molecule has 2 fully saturated rings. The molecular formula is C22H23FN4O4. The third-order valence-corrected chi connectivity index (χ3v) is 6.32. The Labute approximate surface area is 179 Å². The van der Waals surface area contributed by atoms with Gasteiger partial charge in [0.1, 0.15) is 18.3 Å². The first-order chi connectivity index (χ1) is 14.8. The lowest BCUT2D eigenvalue weighted by atomic mass is 9.99. The largest absolute Gasteiger partial charge is 0.344 e. The zero-order chi connectivity index (χ0) is 22.3. The molecule has 31 heavy (non-hydrogen) atoms. The maximum absolute atomic E-state index is 13.6. The summed E-state index contributed by atoms with van der Waals surface area (Å²) < 4.78 is 13.6. The smallest absolute Gasteiger partial charge is 0.246 e. The number of alkyl halides is 1. The Morgan fingerprint density at radius 2 is 2.03 bits per heavy atom. The molecule has 3 aliphatic heterocycles. The van der Waals surface area contributed by atoms with Crippen molar-refractivity contribution in [3.63, 3.8) is 0 Å². The van der Waals surface area contributed by atoms with Gasteiger partial charge < -0.3 is 15.1 Å². The van der Waals surface area contributed by atoms with Crippen molar-refractivity contribution in [2.75, 3.05) is 6.54 Å². The van der Waals surface area contributed by atoms with E-state index in [0.29, 0.717) is 18.7 Å². The Morgan fingerprint density at radius 1 is 1.26 bits per heavy atom. The highest BCUT2D eigenvalue weighted by Gasteiger charge is 2.44. The molecule has 0 radical (unpaired) electrons. The van der Waals surface area contributed by atoms with Gasteiger partial charge in [0.2, 0.25) is 17.7 Å². The minimum atomic E-state index is -1.25. The topological polar surface area (TPSA) is 111 Å². The van der Waals surface area contributed by atoms with E-state index in [1.165, 1.54) is 11.8 Å².